The molecule has 0 bridgehead atoms. The van der Waals surface area contributed by atoms with Gasteiger partial charge >= 0.3 is 6.18 Å². The van der Waals surface area contributed by atoms with Gasteiger partial charge in [0.1, 0.15) is 11.6 Å². The lowest BCUT2D eigenvalue weighted by atomic mass is 10.0. The van der Waals surface area contributed by atoms with Crippen LogP contribution in [0.5, 0.6) is 5.75 Å². The normalized spacial score (nSPS) is 16.6. The van der Waals surface area contributed by atoms with Gasteiger partial charge in [-0.3, -0.25) is 9.59 Å². The van der Waals surface area contributed by atoms with Crippen LogP contribution in [0, 0.1) is 0 Å². The number of benzene rings is 1. The average Bonchev–Trinajstić information content (AvgIpc) is 2.77. The van der Waals surface area contributed by atoms with Gasteiger partial charge in [0, 0.05) is 43.7 Å². The molecular weight excluding hydrogens is 411 g/mol. The molecule has 0 aliphatic carbocycles. The number of Topliss-reactive ketones (excluding diaryl/α,β-unsaturated/α-hetero) is 1. The summed E-state index contributed by atoms with van der Waals surface area (Å²) in [6, 6.07) is 8.92. The van der Waals surface area contributed by atoms with Gasteiger partial charge in [-0.05, 0) is 49.2 Å². The molecule has 1 amide bonds. The van der Waals surface area contributed by atoms with E-state index in [2.05, 4.69) is 10.3 Å². The van der Waals surface area contributed by atoms with Crippen LogP contribution in [0.2, 0.25) is 0 Å². The molecule has 31 heavy (non-hydrogen) atoms. The number of ether oxygens (including phenoxy) is 1. The van der Waals surface area contributed by atoms with Gasteiger partial charge in [0.05, 0.1) is 12.7 Å². The van der Waals surface area contributed by atoms with Gasteiger partial charge in [-0.1, -0.05) is 0 Å². The zero-order chi connectivity index (χ0) is 22.4. The lowest BCUT2D eigenvalue weighted by Gasteiger charge is -2.34. The summed E-state index contributed by atoms with van der Waals surface area (Å²) in [5, 5.41) is 2.92. The van der Waals surface area contributed by atoms with Gasteiger partial charge in [0.15, 0.2) is 5.78 Å². The number of piperidine rings is 1. The minimum absolute atomic E-state index is 0.0693. The van der Waals surface area contributed by atoms with Crippen molar-refractivity contribution in [3.8, 4) is 5.75 Å². The first-order chi connectivity index (χ1) is 14.8. The fourth-order valence-corrected chi connectivity index (χ4v) is 3.49. The van der Waals surface area contributed by atoms with Gasteiger partial charge < -0.3 is 15.0 Å². The second-order valence-corrected chi connectivity index (χ2v) is 7.41. The molecule has 1 aliphatic rings. The first-order valence-electron chi connectivity index (χ1n) is 10.0. The van der Waals surface area contributed by atoms with Crippen LogP contribution in [0.1, 0.15) is 41.6 Å². The van der Waals surface area contributed by atoms with Crippen LogP contribution >= 0.6 is 0 Å². The van der Waals surface area contributed by atoms with E-state index in [-0.39, 0.29) is 30.6 Å². The van der Waals surface area contributed by atoms with E-state index >= 15 is 0 Å². The molecule has 0 saturated carbocycles. The lowest BCUT2D eigenvalue weighted by Crippen LogP contribution is -2.48. The zero-order valence-corrected chi connectivity index (χ0v) is 17.1. The highest BCUT2D eigenvalue weighted by atomic mass is 19.4. The van der Waals surface area contributed by atoms with Crippen molar-refractivity contribution in [2.75, 3.05) is 25.1 Å². The van der Waals surface area contributed by atoms with E-state index in [0.29, 0.717) is 30.2 Å². The third-order valence-corrected chi connectivity index (χ3v) is 5.18. The third-order valence-electron chi connectivity index (χ3n) is 5.18. The maximum Gasteiger partial charge on any atom is 0.417 e. The first-order valence-corrected chi connectivity index (χ1v) is 10.0. The number of methoxy groups -OCH3 is 1. The van der Waals surface area contributed by atoms with Crippen LogP contribution in [0.15, 0.2) is 42.6 Å². The Hall–Kier alpha value is -3.10. The number of nitrogens with zero attached hydrogens (tertiary/aromatic N) is 2. The molecule has 166 valence electrons. The highest BCUT2D eigenvalue weighted by Crippen LogP contribution is 2.29. The molecule has 2 aromatic rings. The Morgan fingerprint density at radius 1 is 1.16 bits per heavy atom. The molecule has 1 aliphatic heterocycles. The molecule has 0 radical (unpaired) electrons. The summed E-state index contributed by atoms with van der Waals surface area (Å²) >= 11 is 0. The van der Waals surface area contributed by atoms with Crippen molar-refractivity contribution in [3.05, 3.63) is 53.7 Å². The molecule has 1 fully saturated rings. The molecule has 0 unspecified atom stereocenters. The molecule has 2 heterocycles. The van der Waals surface area contributed by atoms with E-state index in [0.717, 1.165) is 25.1 Å². The Balaban J connectivity index is 1.49. The van der Waals surface area contributed by atoms with Gasteiger partial charge in [0.2, 0.25) is 5.91 Å². The summed E-state index contributed by atoms with van der Waals surface area (Å²) < 4.78 is 43.2. The average molecular weight is 435 g/mol. The number of rotatable bonds is 7. The molecule has 0 spiro atoms. The number of pyridine rings is 1. The molecule has 1 aromatic carbocycles. The summed E-state index contributed by atoms with van der Waals surface area (Å²) in [6.45, 7) is 1.11. The van der Waals surface area contributed by atoms with Gasteiger partial charge in [-0.2, -0.15) is 13.2 Å². The summed E-state index contributed by atoms with van der Waals surface area (Å²) in [5.74, 6) is 0.742. The number of amides is 1. The van der Waals surface area contributed by atoms with Crippen molar-refractivity contribution in [2.24, 2.45) is 0 Å². The van der Waals surface area contributed by atoms with Crippen LogP contribution in [-0.4, -0.2) is 42.9 Å². The van der Waals surface area contributed by atoms with Crippen LogP contribution in [0.25, 0.3) is 0 Å². The number of hydrogen-bond acceptors (Lipinski definition) is 5. The van der Waals surface area contributed by atoms with E-state index in [1.54, 1.807) is 31.4 Å². The van der Waals surface area contributed by atoms with E-state index in [4.69, 9.17) is 4.74 Å². The van der Waals surface area contributed by atoms with Crippen LogP contribution in [-0.2, 0) is 11.0 Å². The fourth-order valence-electron chi connectivity index (χ4n) is 3.49. The molecular formula is C22H24F3N3O3. The van der Waals surface area contributed by atoms with Crippen molar-refractivity contribution >= 4 is 17.5 Å². The van der Waals surface area contributed by atoms with Crippen molar-refractivity contribution in [3.63, 3.8) is 0 Å². The second kappa shape index (κ2) is 9.80. The number of ketones is 1. The SMILES string of the molecule is COc1ccc(C(=O)CCC(=O)N[C@@H]2CCCN(c3ccc(C(F)(F)F)cn3)C2)cc1. The van der Waals surface area contributed by atoms with E-state index < -0.39 is 11.7 Å². The lowest BCUT2D eigenvalue weighted by molar-refractivity contribution is -0.137. The number of hydrogen-bond donors (Lipinski definition) is 1. The van der Waals surface area contributed by atoms with Crippen molar-refractivity contribution in [1.82, 2.24) is 10.3 Å². The number of aromatic nitrogens is 1. The minimum atomic E-state index is -4.42. The highest BCUT2D eigenvalue weighted by molar-refractivity contribution is 5.98. The van der Waals surface area contributed by atoms with Crippen molar-refractivity contribution < 1.29 is 27.5 Å². The Morgan fingerprint density at radius 2 is 1.90 bits per heavy atom. The Morgan fingerprint density at radius 3 is 2.52 bits per heavy atom. The zero-order valence-electron chi connectivity index (χ0n) is 17.1. The molecule has 1 aromatic heterocycles. The van der Waals surface area contributed by atoms with Crippen molar-refractivity contribution in [2.45, 2.75) is 37.9 Å². The number of carbonyl (C=O) groups excluding carboxylic acids is 2. The maximum atomic E-state index is 12.7. The van der Waals surface area contributed by atoms with Gasteiger partial charge in [-0.25, -0.2) is 4.98 Å². The molecule has 6 nitrogen and oxygen atoms in total. The maximum absolute atomic E-state index is 12.7. The van der Waals surface area contributed by atoms with Crippen LogP contribution < -0.4 is 15.0 Å². The summed E-state index contributed by atoms with van der Waals surface area (Å²) in [6.07, 6.45) is -1.90. The number of anilines is 1. The largest absolute Gasteiger partial charge is 0.497 e. The fraction of sp³-hybridized carbons (Fsp3) is 0.409. The summed E-state index contributed by atoms with van der Waals surface area (Å²) in [4.78, 5) is 30.3. The Labute approximate surface area is 178 Å². The van der Waals surface area contributed by atoms with Crippen molar-refractivity contribution in [1.29, 1.82) is 0 Å². The van der Waals surface area contributed by atoms with Crippen LogP contribution in [0.4, 0.5) is 19.0 Å². The number of carbonyl (C=O) groups is 2. The molecule has 3 rings (SSSR count). The van der Waals surface area contributed by atoms with Gasteiger partial charge in [-0.15, -0.1) is 0 Å². The van der Waals surface area contributed by atoms with Gasteiger partial charge in [0.25, 0.3) is 0 Å². The van der Waals surface area contributed by atoms with E-state index in [1.165, 1.54) is 6.07 Å². The molecule has 9 heteroatoms. The monoisotopic (exact) mass is 435 g/mol. The first kappa shape index (κ1) is 22.6. The predicted octanol–water partition coefficient (Wildman–Crippen LogP) is 3.86. The standard InChI is InChI=1S/C22H24F3N3O3/c1-31-18-7-4-15(5-8-18)19(29)9-11-21(30)27-17-3-2-12-28(14-17)20-10-6-16(13-26-20)22(23,24)25/h4-8,10,13,17H,2-3,9,11-12,14H2,1H3,(H,27,30)/t17-/m1/s1. The predicted molar refractivity (Wildman–Crippen MR) is 109 cm³/mol. The summed E-state index contributed by atoms with van der Waals surface area (Å²) in [5.41, 5.74) is -0.273. The number of nitrogens with one attached hydrogen (secondary N) is 1. The quantitative estimate of drug-likeness (QED) is 0.669. The van der Waals surface area contributed by atoms with E-state index in [9.17, 15) is 22.8 Å². The molecule has 1 atom stereocenters. The van der Waals surface area contributed by atoms with Crippen LogP contribution in [0.3, 0.4) is 0 Å². The Kier molecular flexibility index (Phi) is 7.14. The number of alkyl halides is 3. The Bertz CT molecular complexity index is 899. The number of halogens is 3. The summed E-state index contributed by atoms with van der Waals surface area (Å²) in [7, 11) is 1.54. The highest BCUT2D eigenvalue weighted by Gasteiger charge is 2.31. The second-order valence-electron chi connectivity index (χ2n) is 7.41. The topological polar surface area (TPSA) is 71.5 Å². The smallest absolute Gasteiger partial charge is 0.417 e. The molecule has 1 N–H and O–H groups in total. The third kappa shape index (κ3) is 6.19. The minimum Gasteiger partial charge on any atom is -0.497 e. The van der Waals surface area contributed by atoms with E-state index in [1.807, 2.05) is 4.90 Å². The molecule has 1 saturated heterocycles.